The molecule has 1 N–H and O–H groups in total. The van der Waals surface area contributed by atoms with Crippen LogP contribution < -0.4 is 10.1 Å². The van der Waals surface area contributed by atoms with Gasteiger partial charge in [-0.15, -0.1) is 0 Å². The third-order valence-corrected chi connectivity index (χ3v) is 5.53. The van der Waals surface area contributed by atoms with Crippen LogP contribution in [0.2, 0.25) is 5.02 Å². The van der Waals surface area contributed by atoms with Crippen LogP contribution in [0, 0.1) is 0 Å². The molecule has 1 fully saturated rings. The molecule has 154 valence electrons. The number of piperazine rings is 1. The second-order valence-corrected chi connectivity index (χ2v) is 8.17. The lowest BCUT2D eigenvalue weighted by Gasteiger charge is -2.35. The summed E-state index contributed by atoms with van der Waals surface area (Å²) < 4.78 is 6.71. The van der Waals surface area contributed by atoms with E-state index in [9.17, 15) is 9.59 Å². The summed E-state index contributed by atoms with van der Waals surface area (Å²) in [5.41, 5.74) is 0.604. The van der Waals surface area contributed by atoms with E-state index in [-0.39, 0.29) is 18.4 Å². The van der Waals surface area contributed by atoms with Crippen molar-refractivity contribution >= 4 is 45.0 Å². The van der Waals surface area contributed by atoms with Crippen LogP contribution in [-0.2, 0) is 9.59 Å². The lowest BCUT2D eigenvalue weighted by molar-refractivity contribution is -0.139. The number of ether oxygens (including phenoxy) is 1. The molecule has 2 aromatic rings. The number of carbonyl (C=O) groups excluding carboxylic acids is 2. The summed E-state index contributed by atoms with van der Waals surface area (Å²) in [6, 6.07) is 14.5. The van der Waals surface area contributed by atoms with Gasteiger partial charge in [0.2, 0.25) is 5.91 Å². The molecule has 0 radical (unpaired) electrons. The lowest BCUT2D eigenvalue weighted by atomic mass is 10.2. The predicted molar refractivity (Wildman–Crippen MR) is 117 cm³/mol. The Morgan fingerprint density at radius 2 is 1.76 bits per heavy atom. The minimum atomic E-state index is -0.564. The smallest absolute Gasteiger partial charge is 0.263 e. The first kappa shape index (κ1) is 21.6. The third kappa shape index (κ3) is 6.19. The van der Waals surface area contributed by atoms with Gasteiger partial charge >= 0.3 is 0 Å². The number of anilines is 1. The Morgan fingerprint density at radius 3 is 2.41 bits per heavy atom. The molecule has 8 heteroatoms. The fourth-order valence-electron chi connectivity index (χ4n) is 3.11. The number of rotatable bonds is 6. The molecule has 6 nitrogen and oxygen atoms in total. The molecule has 1 unspecified atom stereocenters. The summed E-state index contributed by atoms with van der Waals surface area (Å²) in [6.07, 6.45) is -0.564. The van der Waals surface area contributed by atoms with Crippen molar-refractivity contribution in [3.8, 4) is 5.75 Å². The van der Waals surface area contributed by atoms with E-state index >= 15 is 0 Å². The molecule has 1 aliphatic rings. The maximum Gasteiger partial charge on any atom is 0.263 e. The fourth-order valence-corrected chi connectivity index (χ4v) is 3.55. The number of para-hydroxylation sites is 1. The quantitative estimate of drug-likeness (QED) is 0.685. The Labute approximate surface area is 183 Å². The normalized spacial score (nSPS) is 15.6. The molecule has 0 aliphatic carbocycles. The summed E-state index contributed by atoms with van der Waals surface area (Å²) in [4.78, 5) is 28.7. The summed E-state index contributed by atoms with van der Waals surface area (Å²) in [5, 5.41) is 3.33. The molecule has 29 heavy (non-hydrogen) atoms. The largest absolute Gasteiger partial charge is 0.481 e. The molecule has 2 amide bonds. The minimum Gasteiger partial charge on any atom is -0.481 e. The monoisotopic (exact) mass is 479 g/mol. The van der Waals surface area contributed by atoms with Gasteiger partial charge in [-0.2, -0.15) is 0 Å². The molecule has 3 rings (SSSR count). The molecular formula is C21H23BrClN3O3. The topological polar surface area (TPSA) is 61.9 Å². The van der Waals surface area contributed by atoms with Gasteiger partial charge in [0.15, 0.2) is 6.10 Å². The number of hydrogen-bond acceptors (Lipinski definition) is 4. The number of benzene rings is 2. The first-order chi connectivity index (χ1) is 13.9. The summed E-state index contributed by atoms with van der Waals surface area (Å²) >= 11 is 9.45. The minimum absolute atomic E-state index is 0.0481. The van der Waals surface area contributed by atoms with Gasteiger partial charge in [-0.1, -0.05) is 39.7 Å². The van der Waals surface area contributed by atoms with Crippen LogP contribution in [0.15, 0.2) is 53.0 Å². The molecule has 0 spiro atoms. The Kier molecular flexibility index (Phi) is 7.52. The van der Waals surface area contributed by atoms with Crippen LogP contribution >= 0.6 is 27.5 Å². The molecule has 0 aromatic heterocycles. The summed E-state index contributed by atoms with van der Waals surface area (Å²) in [6.45, 7) is 4.41. The SMILES string of the molecule is CC(Oc1ccc(Br)cc1)C(=O)N1CCN(CC(=O)Nc2ccccc2Cl)CC1. The molecule has 1 heterocycles. The molecule has 1 aliphatic heterocycles. The second kappa shape index (κ2) is 10.1. The van der Waals surface area contributed by atoms with Crippen molar-refractivity contribution in [2.24, 2.45) is 0 Å². The summed E-state index contributed by atoms with van der Waals surface area (Å²) in [7, 11) is 0. The Bertz CT molecular complexity index is 855. The van der Waals surface area contributed by atoms with Crippen LogP contribution in [0.4, 0.5) is 5.69 Å². The third-order valence-electron chi connectivity index (χ3n) is 4.67. The van der Waals surface area contributed by atoms with Gasteiger partial charge in [0.05, 0.1) is 17.3 Å². The zero-order valence-corrected chi connectivity index (χ0v) is 18.4. The van der Waals surface area contributed by atoms with E-state index in [1.807, 2.05) is 41.3 Å². The summed E-state index contributed by atoms with van der Waals surface area (Å²) in [5.74, 6) is 0.488. The van der Waals surface area contributed by atoms with Gasteiger partial charge in [0.25, 0.3) is 5.91 Å². The van der Waals surface area contributed by atoms with Gasteiger partial charge in [-0.25, -0.2) is 0 Å². The number of hydrogen-bond donors (Lipinski definition) is 1. The molecule has 1 atom stereocenters. The highest BCUT2D eigenvalue weighted by Gasteiger charge is 2.26. The Hall–Kier alpha value is -2.09. The van der Waals surface area contributed by atoms with Crippen molar-refractivity contribution in [3.05, 3.63) is 58.0 Å². The van der Waals surface area contributed by atoms with Crippen molar-refractivity contribution in [3.63, 3.8) is 0 Å². The number of carbonyl (C=O) groups is 2. The Morgan fingerprint density at radius 1 is 1.10 bits per heavy atom. The van der Waals surface area contributed by atoms with E-state index in [1.165, 1.54) is 0 Å². The molecule has 2 aromatic carbocycles. The average molecular weight is 481 g/mol. The van der Waals surface area contributed by atoms with Crippen LogP contribution in [0.1, 0.15) is 6.92 Å². The van der Waals surface area contributed by atoms with E-state index < -0.39 is 6.10 Å². The highest BCUT2D eigenvalue weighted by atomic mass is 79.9. The van der Waals surface area contributed by atoms with Crippen molar-refractivity contribution in [2.75, 3.05) is 38.0 Å². The zero-order chi connectivity index (χ0) is 20.8. The van der Waals surface area contributed by atoms with E-state index in [0.717, 1.165) is 4.47 Å². The van der Waals surface area contributed by atoms with E-state index in [2.05, 4.69) is 21.2 Å². The van der Waals surface area contributed by atoms with Gasteiger partial charge in [-0.3, -0.25) is 14.5 Å². The van der Waals surface area contributed by atoms with Crippen molar-refractivity contribution < 1.29 is 14.3 Å². The first-order valence-electron chi connectivity index (χ1n) is 9.40. The van der Waals surface area contributed by atoms with Crippen LogP contribution in [-0.4, -0.2) is 60.4 Å². The first-order valence-corrected chi connectivity index (χ1v) is 10.6. The maximum absolute atomic E-state index is 12.7. The average Bonchev–Trinajstić information content (AvgIpc) is 2.71. The molecular weight excluding hydrogens is 458 g/mol. The zero-order valence-electron chi connectivity index (χ0n) is 16.1. The number of amides is 2. The van der Waals surface area contributed by atoms with Crippen LogP contribution in [0.25, 0.3) is 0 Å². The molecule has 0 bridgehead atoms. The van der Waals surface area contributed by atoms with Gasteiger partial charge in [0.1, 0.15) is 5.75 Å². The van der Waals surface area contributed by atoms with Crippen molar-refractivity contribution in [1.29, 1.82) is 0 Å². The van der Waals surface area contributed by atoms with E-state index in [1.54, 1.807) is 24.0 Å². The maximum atomic E-state index is 12.7. The number of nitrogens with zero attached hydrogens (tertiary/aromatic N) is 2. The van der Waals surface area contributed by atoms with Gasteiger partial charge < -0.3 is 15.0 Å². The Balaban J connectivity index is 1.44. The highest BCUT2D eigenvalue weighted by Crippen LogP contribution is 2.20. The highest BCUT2D eigenvalue weighted by molar-refractivity contribution is 9.10. The van der Waals surface area contributed by atoms with E-state index in [4.69, 9.17) is 16.3 Å². The van der Waals surface area contributed by atoms with E-state index in [0.29, 0.717) is 42.6 Å². The molecule has 0 saturated carbocycles. The van der Waals surface area contributed by atoms with Crippen LogP contribution in [0.5, 0.6) is 5.75 Å². The molecule has 1 saturated heterocycles. The second-order valence-electron chi connectivity index (χ2n) is 6.84. The standard InChI is InChI=1S/C21H23BrClN3O3/c1-15(29-17-8-6-16(22)7-9-17)21(28)26-12-10-25(11-13-26)14-20(27)24-19-5-3-2-4-18(19)23/h2-9,15H,10-14H2,1H3,(H,24,27). The predicted octanol–water partition coefficient (Wildman–Crippen LogP) is 3.65. The van der Waals surface area contributed by atoms with Crippen LogP contribution in [0.3, 0.4) is 0 Å². The van der Waals surface area contributed by atoms with Crippen molar-refractivity contribution in [1.82, 2.24) is 9.80 Å². The van der Waals surface area contributed by atoms with Gasteiger partial charge in [0, 0.05) is 30.7 Å². The van der Waals surface area contributed by atoms with Crippen molar-refractivity contribution in [2.45, 2.75) is 13.0 Å². The van der Waals surface area contributed by atoms with Gasteiger partial charge in [-0.05, 0) is 43.3 Å². The number of nitrogens with one attached hydrogen (secondary N) is 1. The number of halogens is 2. The lowest BCUT2D eigenvalue weighted by Crippen LogP contribution is -2.53. The fraction of sp³-hybridized carbons (Fsp3) is 0.333.